The van der Waals surface area contributed by atoms with Crippen molar-refractivity contribution in [1.82, 2.24) is 25.5 Å². The molecule has 7 nitrogen and oxygen atoms in total. The molecule has 112 valence electrons. The maximum Gasteiger partial charge on any atom is 0.227 e. The van der Waals surface area contributed by atoms with Gasteiger partial charge in [-0.25, -0.2) is 4.68 Å². The van der Waals surface area contributed by atoms with Crippen LogP contribution in [0.3, 0.4) is 0 Å². The van der Waals surface area contributed by atoms with E-state index >= 15 is 0 Å². The Kier molecular flexibility index (Phi) is 5.24. The van der Waals surface area contributed by atoms with E-state index in [1.165, 1.54) is 6.33 Å². The number of amides is 1. The summed E-state index contributed by atoms with van der Waals surface area (Å²) in [4.78, 5) is 12.2. The first-order chi connectivity index (χ1) is 9.83. The van der Waals surface area contributed by atoms with Gasteiger partial charge < -0.3 is 10.6 Å². The summed E-state index contributed by atoms with van der Waals surface area (Å²) < 4.78 is 1.56. The van der Waals surface area contributed by atoms with Crippen molar-refractivity contribution < 1.29 is 4.79 Å². The molecule has 1 aliphatic rings. The number of piperidine rings is 1. The van der Waals surface area contributed by atoms with E-state index in [4.69, 9.17) is 0 Å². The molecule has 0 saturated carbocycles. The number of aromatic nitrogens is 4. The highest BCUT2D eigenvalue weighted by Crippen LogP contribution is 2.17. The first kappa shape index (κ1) is 15.4. The fourth-order valence-corrected chi connectivity index (χ4v) is 2.33. The number of hydrogen-bond donors (Lipinski definition) is 2. The molecule has 0 unspecified atom stereocenters. The van der Waals surface area contributed by atoms with Crippen LogP contribution in [0.25, 0.3) is 5.69 Å². The summed E-state index contributed by atoms with van der Waals surface area (Å²) >= 11 is 0. The lowest BCUT2D eigenvalue weighted by Gasteiger charge is -2.21. The molecule has 2 N–H and O–H groups in total. The number of carbonyl (C=O) groups is 1. The highest BCUT2D eigenvalue weighted by atomic mass is 35.5. The van der Waals surface area contributed by atoms with Gasteiger partial charge in [0.05, 0.1) is 5.69 Å². The van der Waals surface area contributed by atoms with Crippen molar-refractivity contribution in [2.24, 2.45) is 5.92 Å². The van der Waals surface area contributed by atoms with Crippen LogP contribution in [0.15, 0.2) is 30.6 Å². The summed E-state index contributed by atoms with van der Waals surface area (Å²) in [6.45, 7) is 1.81. The van der Waals surface area contributed by atoms with Gasteiger partial charge in [0.1, 0.15) is 6.33 Å². The van der Waals surface area contributed by atoms with Crippen molar-refractivity contribution in [3.63, 3.8) is 0 Å². The van der Waals surface area contributed by atoms with Crippen LogP contribution in [0.2, 0.25) is 0 Å². The van der Waals surface area contributed by atoms with Gasteiger partial charge in [-0.15, -0.1) is 17.5 Å². The van der Waals surface area contributed by atoms with E-state index in [-0.39, 0.29) is 24.2 Å². The van der Waals surface area contributed by atoms with Gasteiger partial charge in [0.2, 0.25) is 5.91 Å². The Bertz CT molecular complexity index is 582. The molecule has 0 aliphatic carbocycles. The molecule has 3 rings (SSSR count). The van der Waals surface area contributed by atoms with Crippen molar-refractivity contribution in [1.29, 1.82) is 0 Å². The number of benzene rings is 1. The molecule has 1 aromatic carbocycles. The summed E-state index contributed by atoms with van der Waals surface area (Å²) in [7, 11) is 0. The zero-order valence-electron chi connectivity index (χ0n) is 11.4. The Balaban J connectivity index is 0.00000161. The minimum absolute atomic E-state index is 0. The molecule has 21 heavy (non-hydrogen) atoms. The van der Waals surface area contributed by atoms with Crippen molar-refractivity contribution in [3.05, 3.63) is 30.6 Å². The summed E-state index contributed by atoms with van der Waals surface area (Å²) in [6, 6.07) is 7.48. The molecular weight excluding hydrogens is 292 g/mol. The van der Waals surface area contributed by atoms with E-state index in [1.54, 1.807) is 4.68 Å². The van der Waals surface area contributed by atoms with Crippen molar-refractivity contribution in [2.75, 3.05) is 18.4 Å². The van der Waals surface area contributed by atoms with E-state index in [2.05, 4.69) is 26.2 Å². The van der Waals surface area contributed by atoms with Gasteiger partial charge in [0.15, 0.2) is 0 Å². The third-order valence-electron chi connectivity index (χ3n) is 3.44. The van der Waals surface area contributed by atoms with Crippen molar-refractivity contribution in [2.45, 2.75) is 12.8 Å². The molecule has 1 saturated heterocycles. The summed E-state index contributed by atoms with van der Waals surface area (Å²) in [5.41, 5.74) is 1.58. The maximum atomic E-state index is 12.2. The van der Waals surface area contributed by atoms with Gasteiger partial charge in [-0.2, -0.15) is 0 Å². The zero-order valence-corrected chi connectivity index (χ0v) is 12.2. The van der Waals surface area contributed by atoms with Gasteiger partial charge >= 0.3 is 0 Å². The van der Waals surface area contributed by atoms with Gasteiger partial charge in [0.25, 0.3) is 0 Å². The average molecular weight is 309 g/mol. The molecular formula is C13H17ClN6O. The molecule has 2 heterocycles. The Hall–Kier alpha value is -1.99. The number of nitrogens with one attached hydrogen (secondary N) is 2. The number of tetrazole rings is 1. The summed E-state index contributed by atoms with van der Waals surface area (Å²) in [5.74, 6) is 0.174. The predicted molar refractivity (Wildman–Crippen MR) is 80.6 cm³/mol. The van der Waals surface area contributed by atoms with E-state index < -0.39 is 0 Å². The standard InChI is InChI=1S/C13H16N6O.ClH/c20-13(10-4-6-14-7-5-10)16-11-2-1-3-12(8-11)19-9-15-17-18-19;/h1-3,8-10,14H,4-7H2,(H,16,20);1H. The zero-order chi connectivity index (χ0) is 13.8. The first-order valence-electron chi connectivity index (χ1n) is 6.68. The Morgan fingerprint density at radius 2 is 2.14 bits per heavy atom. The van der Waals surface area contributed by atoms with Gasteiger partial charge in [-0.05, 0) is 54.6 Å². The SMILES string of the molecule is Cl.O=C(Nc1cccc(-n2cnnn2)c1)C1CCNCC1. The Morgan fingerprint density at radius 1 is 1.33 bits per heavy atom. The number of nitrogens with zero attached hydrogens (tertiary/aromatic N) is 4. The molecule has 1 aromatic heterocycles. The molecule has 0 radical (unpaired) electrons. The normalized spacial score (nSPS) is 15.2. The summed E-state index contributed by atoms with van der Waals surface area (Å²) in [6.07, 6.45) is 3.30. The second-order valence-corrected chi connectivity index (χ2v) is 4.82. The number of halogens is 1. The highest BCUT2D eigenvalue weighted by molar-refractivity contribution is 5.92. The number of carbonyl (C=O) groups excluding carboxylic acids is 1. The van der Waals surface area contributed by atoms with E-state index in [9.17, 15) is 4.79 Å². The van der Waals surface area contributed by atoms with Crippen molar-refractivity contribution in [3.8, 4) is 5.69 Å². The topological polar surface area (TPSA) is 84.7 Å². The molecule has 1 aliphatic heterocycles. The lowest BCUT2D eigenvalue weighted by molar-refractivity contribution is -0.120. The molecule has 8 heteroatoms. The third kappa shape index (κ3) is 3.77. The lowest BCUT2D eigenvalue weighted by atomic mass is 9.97. The minimum Gasteiger partial charge on any atom is -0.326 e. The monoisotopic (exact) mass is 308 g/mol. The smallest absolute Gasteiger partial charge is 0.227 e. The third-order valence-corrected chi connectivity index (χ3v) is 3.44. The second-order valence-electron chi connectivity index (χ2n) is 4.82. The lowest BCUT2D eigenvalue weighted by Crippen LogP contribution is -2.34. The van der Waals surface area contributed by atoms with E-state index in [0.29, 0.717) is 0 Å². The molecule has 2 aromatic rings. The van der Waals surface area contributed by atoms with Crippen LogP contribution in [0.5, 0.6) is 0 Å². The number of rotatable bonds is 3. The molecule has 1 amide bonds. The van der Waals surface area contributed by atoms with Crippen LogP contribution in [-0.4, -0.2) is 39.2 Å². The fraction of sp³-hybridized carbons (Fsp3) is 0.385. The minimum atomic E-state index is 0. The van der Waals surface area contributed by atoms with E-state index in [0.717, 1.165) is 37.3 Å². The molecule has 0 bridgehead atoms. The van der Waals surface area contributed by atoms with Crippen LogP contribution >= 0.6 is 12.4 Å². The van der Waals surface area contributed by atoms with Crippen LogP contribution in [0.1, 0.15) is 12.8 Å². The van der Waals surface area contributed by atoms with Crippen LogP contribution < -0.4 is 10.6 Å². The van der Waals surface area contributed by atoms with Gasteiger partial charge in [-0.1, -0.05) is 6.07 Å². The van der Waals surface area contributed by atoms with Gasteiger partial charge in [0, 0.05) is 11.6 Å². The van der Waals surface area contributed by atoms with Gasteiger partial charge in [-0.3, -0.25) is 4.79 Å². The van der Waals surface area contributed by atoms with E-state index in [1.807, 2.05) is 24.3 Å². The molecule has 0 atom stereocenters. The maximum absolute atomic E-state index is 12.2. The van der Waals surface area contributed by atoms with Crippen molar-refractivity contribution >= 4 is 24.0 Å². The Labute approximate surface area is 128 Å². The quantitative estimate of drug-likeness (QED) is 0.884. The first-order valence-corrected chi connectivity index (χ1v) is 6.68. The number of hydrogen-bond acceptors (Lipinski definition) is 5. The summed E-state index contributed by atoms with van der Waals surface area (Å²) in [5, 5.41) is 17.3. The van der Waals surface area contributed by atoms with Crippen LogP contribution in [0.4, 0.5) is 5.69 Å². The molecule has 1 fully saturated rings. The fourth-order valence-electron chi connectivity index (χ4n) is 2.33. The predicted octanol–water partition coefficient (Wildman–Crippen LogP) is 1.02. The second kappa shape index (κ2) is 7.14. The molecule has 0 spiro atoms. The largest absolute Gasteiger partial charge is 0.326 e. The van der Waals surface area contributed by atoms with Crippen LogP contribution in [0, 0.1) is 5.92 Å². The average Bonchev–Trinajstić information content (AvgIpc) is 3.03. The van der Waals surface area contributed by atoms with Crippen LogP contribution in [-0.2, 0) is 4.79 Å². The highest BCUT2D eigenvalue weighted by Gasteiger charge is 2.20. The Morgan fingerprint density at radius 3 is 2.86 bits per heavy atom. The number of anilines is 1.